The monoisotopic (exact) mass is 326 g/mol. The second-order valence-electron chi connectivity index (χ2n) is 3.78. The lowest BCUT2D eigenvalue weighted by Crippen LogP contribution is -2.21. The minimum Gasteiger partial charge on any atom is -0.477 e. The molecule has 0 saturated heterocycles. The van der Waals surface area contributed by atoms with E-state index in [4.69, 9.17) is 5.11 Å². The van der Waals surface area contributed by atoms with Crippen LogP contribution in [0.25, 0.3) is 11.4 Å². The predicted molar refractivity (Wildman–Crippen MR) is 69.6 cm³/mol. The number of hydrogen-bond acceptors (Lipinski definition) is 3. The molecule has 0 aliphatic carbocycles. The lowest BCUT2D eigenvalue weighted by Gasteiger charge is -2.07. The number of hydrogen-bond donors (Lipinski definition) is 2. The van der Waals surface area contributed by atoms with Gasteiger partial charge in [-0.2, -0.15) is 0 Å². The summed E-state index contributed by atoms with van der Waals surface area (Å²) in [6.45, 7) is 1.39. The van der Waals surface area contributed by atoms with Gasteiger partial charge in [-0.25, -0.2) is 14.2 Å². The van der Waals surface area contributed by atoms with Crippen molar-refractivity contribution in [2.24, 2.45) is 0 Å². The Morgan fingerprint density at radius 3 is 2.68 bits per heavy atom. The molecule has 0 saturated carbocycles. The van der Waals surface area contributed by atoms with Crippen LogP contribution in [0.2, 0.25) is 0 Å². The lowest BCUT2D eigenvalue weighted by molar-refractivity contribution is 0.0693. The summed E-state index contributed by atoms with van der Waals surface area (Å²) in [5.74, 6) is -1.96. The molecule has 2 aromatic rings. The molecular formula is C12H8BrFN2O3. The third-order valence-electron chi connectivity index (χ3n) is 2.51. The largest absolute Gasteiger partial charge is 0.477 e. The van der Waals surface area contributed by atoms with Gasteiger partial charge < -0.3 is 10.1 Å². The number of benzene rings is 1. The molecule has 98 valence electrons. The fraction of sp³-hybridized carbons (Fsp3) is 0.0833. The van der Waals surface area contributed by atoms with E-state index in [9.17, 15) is 14.0 Å². The number of H-pyrrole nitrogens is 1. The Morgan fingerprint density at radius 2 is 2.16 bits per heavy atom. The van der Waals surface area contributed by atoms with Crippen molar-refractivity contribution in [1.82, 2.24) is 9.97 Å². The quantitative estimate of drug-likeness (QED) is 0.887. The first-order valence-corrected chi connectivity index (χ1v) is 5.99. The van der Waals surface area contributed by atoms with E-state index >= 15 is 0 Å². The van der Waals surface area contributed by atoms with Crippen molar-refractivity contribution < 1.29 is 14.3 Å². The highest BCUT2D eigenvalue weighted by Gasteiger charge is 2.18. The van der Waals surface area contributed by atoms with E-state index in [0.717, 1.165) is 0 Å². The van der Waals surface area contributed by atoms with E-state index in [-0.39, 0.29) is 17.1 Å². The summed E-state index contributed by atoms with van der Waals surface area (Å²) in [7, 11) is 0. The lowest BCUT2D eigenvalue weighted by atomic mass is 10.1. The highest BCUT2D eigenvalue weighted by molar-refractivity contribution is 9.10. The van der Waals surface area contributed by atoms with Crippen LogP contribution < -0.4 is 5.56 Å². The SMILES string of the molecule is Cc1nc(-c2c(F)cccc2Br)[nH]c(=O)c1C(=O)O. The molecule has 7 heteroatoms. The molecule has 0 spiro atoms. The van der Waals surface area contributed by atoms with Gasteiger partial charge in [-0.05, 0) is 35.0 Å². The molecule has 0 aliphatic heterocycles. The summed E-state index contributed by atoms with van der Waals surface area (Å²) < 4.78 is 14.2. The fourth-order valence-electron chi connectivity index (χ4n) is 1.68. The van der Waals surface area contributed by atoms with Crippen molar-refractivity contribution >= 4 is 21.9 Å². The summed E-state index contributed by atoms with van der Waals surface area (Å²) >= 11 is 3.16. The van der Waals surface area contributed by atoms with Gasteiger partial charge in [-0.15, -0.1) is 0 Å². The third-order valence-corrected chi connectivity index (χ3v) is 3.17. The summed E-state index contributed by atoms with van der Waals surface area (Å²) in [5, 5.41) is 8.87. The number of nitrogens with one attached hydrogen (secondary N) is 1. The Morgan fingerprint density at radius 1 is 1.47 bits per heavy atom. The van der Waals surface area contributed by atoms with Gasteiger partial charge in [0.25, 0.3) is 5.56 Å². The molecule has 1 heterocycles. The number of carboxylic acid groups (broad SMARTS) is 1. The summed E-state index contributed by atoms with van der Waals surface area (Å²) in [6.07, 6.45) is 0. The Labute approximate surface area is 115 Å². The molecule has 1 aromatic carbocycles. The number of carbonyl (C=O) groups is 1. The smallest absolute Gasteiger partial charge is 0.343 e. The van der Waals surface area contributed by atoms with Crippen LogP contribution in [0.4, 0.5) is 4.39 Å². The summed E-state index contributed by atoms with van der Waals surface area (Å²) in [4.78, 5) is 28.8. The van der Waals surface area contributed by atoms with Crippen molar-refractivity contribution in [2.75, 3.05) is 0 Å². The van der Waals surface area contributed by atoms with Crippen molar-refractivity contribution in [1.29, 1.82) is 0 Å². The topological polar surface area (TPSA) is 83.0 Å². The molecule has 5 nitrogen and oxygen atoms in total. The van der Waals surface area contributed by atoms with Gasteiger partial charge in [0.2, 0.25) is 0 Å². The first kappa shape index (κ1) is 13.4. The van der Waals surface area contributed by atoms with Crippen molar-refractivity contribution in [3.05, 3.63) is 50.1 Å². The molecular weight excluding hydrogens is 319 g/mol. The number of aromatic carboxylic acids is 1. The molecule has 0 unspecified atom stereocenters. The zero-order valence-corrected chi connectivity index (χ0v) is 11.3. The van der Waals surface area contributed by atoms with E-state index in [1.54, 1.807) is 6.07 Å². The van der Waals surface area contributed by atoms with Crippen LogP contribution in [0.1, 0.15) is 16.1 Å². The Kier molecular flexibility index (Phi) is 3.48. The predicted octanol–water partition coefficient (Wildman–Crippen LogP) is 2.35. The maximum absolute atomic E-state index is 13.8. The summed E-state index contributed by atoms with van der Waals surface area (Å²) in [6, 6.07) is 4.32. The maximum atomic E-state index is 13.8. The van der Waals surface area contributed by atoms with Crippen LogP contribution in [-0.4, -0.2) is 21.0 Å². The highest BCUT2D eigenvalue weighted by atomic mass is 79.9. The van der Waals surface area contributed by atoms with Gasteiger partial charge in [0.1, 0.15) is 17.2 Å². The van der Waals surface area contributed by atoms with E-state index in [1.807, 2.05) is 0 Å². The Hall–Kier alpha value is -2.02. The average molecular weight is 327 g/mol. The number of aromatic nitrogens is 2. The highest BCUT2D eigenvalue weighted by Crippen LogP contribution is 2.27. The number of nitrogens with zero attached hydrogens (tertiary/aromatic N) is 1. The van der Waals surface area contributed by atoms with Gasteiger partial charge >= 0.3 is 5.97 Å². The standard InChI is InChI=1S/C12H8BrFN2O3/c1-5-8(12(18)19)11(17)16-10(15-5)9-6(13)3-2-4-7(9)14/h2-4H,1H3,(H,18,19)(H,15,16,17). The van der Waals surface area contributed by atoms with E-state index in [0.29, 0.717) is 4.47 Å². The third kappa shape index (κ3) is 2.41. The molecule has 0 radical (unpaired) electrons. The molecule has 2 N–H and O–H groups in total. The van der Waals surface area contributed by atoms with Crippen LogP contribution in [0, 0.1) is 12.7 Å². The Bertz CT molecular complexity index is 707. The Balaban J connectivity index is 2.73. The molecule has 0 bridgehead atoms. The molecule has 0 aliphatic rings. The van der Waals surface area contributed by atoms with Crippen molar-refractivity contribution in [2.45, 2.75) is 6.92 Å². The average Bonchev–Trinajstić information content (AvgIpc) is 2.26. The van der Waals surface area contributed by atoms with Crippen LogP contribution >= 0.6 is 15.9 Å². The van der Waals surface area contributed by atoms with Crippen LogP contribution in [-0.2, 0) is 0 Å². The zero-order chi connectivity index (χ0) is 14.2. The van der Waals surface area contributed by atoms with Crippen LogP contribution in [0.5, 0.6) is 0 Å². The number of rotatable bonds is 2. The van der Waals surface area contributed by atoms with E-state index < -0.39 is 22.9 Å². The number of halogens is 2. The van der Waals surface area contributed by atoms with Gasteiger partial charge in [-0.3, -0.25) is 4.79 Å². The molecule has 1 aromatic heterocycles. The van der Waals surface area contributed by atoms with E-state index in [1.165, 1.54) is 19.1 Å². The molecule has 2 rings (SSSR count). The first-order valence-electron chi connectivity index (χ1n) is 5.20. The van der Waals surface area contributed by atoms with E-state index in [2.05, 4.69) is 25.9 Å². The fourth-order valence-corrected chi connectivity index (χ4v) is 2.21. The number of aryl methyl sites for hydroxylation is 1. The molecule has 0 atom stereocenters. The van der Waals surface area contributed by atoms with Gasteiger partial charge in [0.05, 0.1) is 11.3 Å². The maximum Gasteiger partial charge on any atom is 0.343 e. The minimum absolute atomic E-state index is 0.0162. The van der Waals surface area contributed by atoms with Crippen LogP contribution in [0.15, 0.2) is 27.5 Å². The number of carboxylic acids is 1. The second-order valence-corrected chi connectivity index (χ2v) is 4.63. The van der Waals surface area contributed by atoms with Crippen LogP contribution in [0.3, 0.4) is 0 Å². The van der Waals surface area contributed by atoms with Gasteiger partial charge in [-0.1, -0.05) is 6.07 Å². The first-order chi connectivity index (χ1) is 8.91. The molecule has 0 amide bonds. The van der Waals surface area contributed by atoms with Crippen molar-refractivity contribution in [3.63, 3.8) is 0 Å². The number of aromatic amines is 1. The minimum atomic E-state index is -1.37. The zero-order valence-electron chi connectivity index (χ0n) is 9.70. The normalized spacial score (nSPS) is 10.5. The van der Waals surface area contributed by atoms with Crippen molar-refractivity contribution in [3.8, 4) is 11.4 Å². The second kappa shape index (κ2) is 4.93. The molecule has 19 heavy (non-hydrogen) atoms. The van der Waals surface area contributed by atoms with Gasteiger partial charge in [0.15, 0.2) is 0 Å². The van der Waals surface area contributed by atoms with Gasteiger partial charge in [0, 0.05) is 4.47 Å². The summed E-state index contributed by atoms with van der Waals surface area (Å²) in [5.41, 5.74) is -1.15. The molecule has 0 fully saturated rings.